The van der Waals surface area contributed by atoms with Crippen molar-refractivity contribution in [2.75, 3.05) is 13.2 Å². The molecule has 0 atom stereocenters. The molecular formula is C26H21BrN2O8S2. The van der Waals surface area contributed by atoms with Gasteiger partial charge < -0.3 is 8.92 Å². The number of rotatable bonds is 9. The molecule has 1 heterocycles. The number of nitro groups is 1. The second-order valence-electron chi connectivity index (χ2n) is 8.43. The van der Waals surface area contributed by atoms with Crippen LogP contribution >= 0.6 is 27.7 Å². The largest absolute Gasteiger partial charge is 0.491 e. The van der Waals surface area contributed by atoms with Crippen LogP contribution in [0.4, 0.5) is 10.5 Å². The third-order valence-electron chi connectivity index (χ3n) is 5.58. The number of hydrogen-bond acceptors (Lipinski definition) is 9. The lowest BCUT2D eigenvalue weighted by atomic mass is 10.1. The first-order chi connectivity index (χ1) is 18.4. The zero-order valence-corrected chi connectivity index (χ0v) is 23.8. The molecule has 10 nitrogen and oxygen atoms in total. The van der Waals surface area contributed by atoms with E-state index < -0.39 is 26.2 Å². The third kappa shape index (κ3) is 6.67. The number of hydrogen-bond donors (Lipinski definition) is 0. The number of non-ortho nitro benzene ring substituents is 1. The number of amides is 2. The van der Waals surface area contributed by atoms with Crippen LogP contribution in [-0.2, 0) is 14.9 Å². The highest BCUT2D eigenvalue weighted by atomic mass is 79.9. The number of imide groups is 1. The van der Waals surface area contributed by atoms with Gasteiger partial charge in [-0.25, -0.2) is 0 Å². The van der Waals surface area contributed by atoms with Crippen molar-refractivity contribution in [3.63, 3.8) is 0 Å². The molecule has 0 radical (unpaired) electrons. The minimum Gasteiger partial charge on any atom is -0.491 e. The van der Waals surface area contributed by atoms with Gasteiger partial charge in [0.05, 0.1) is 20.8 Å². The van der Waals surface area contributed by atoms with E-state index in [9.17, 15) is 28.1 Å². The number of carbonyl (C=O) groups excluding carboxylic acids is 2. The first-order valence-corrected chi connectivity index (χ1v) is 14.4. The molecule has 202 valence electrons. The van der Waals surface area contributed by atoms with Crippen LogP contribution in [0.1, 0.15) is 16.7 Å². The van der Waals surface area contributed by atoms with Crippen LogP contribution in [0, 0.1) is 24.0 Å². The Morgan fingerprint density at radius 1 is 1.03 bits per heavy atom. The van der Waals surface area contributed by atoms with Gasteiger partial charge in [0.1, 0.15) is 17.3 Å². The second kappa shape index (κ2) is 11.6. The molecule has 39 heavy (non-hydrogen) atoms. The smallest absolute Gasteiger partial charge is 0.339 e. The summed E-state index contributed by atoms with van der Waals surface area (Å²) >= 11 is 4.07. The number of halogens is 1. The average Bonchev–Trinajstić information content (AvgIpc) is 3.15. The lowest BCUT2D eigenvalue weighted by Gasteiger charge is -2.14. The molecular weight excluding hydrogens is 612 g/mol. The topological polar surface area (TPSA) is 133 Å². The second-order valence-corrected chi connectivity index (χ2v) is 11.8. The van der Waals surface area contributed by atoms with E-state index in [2.05, 4.69) is 15.9 Å². The molecule has 0 aliphatic carbocycles. The Labute approximate surface area is 237 Å². The molecule has 1 fully saturated rings. The Bertz CT molecular complexity index is 1600. The number of nitrogens with zero attached hydrogens (tertiary/aromatic N) is 2. The van der Waals surface area contributed by atoms with Crippen LogP contribution in [-0.4, -0.2) is 42.5 Å². The monoisotopic (exact) mass is 632 g/mol. The van der Waals surface area contributed by atoms with Gasteiger partial charge in [-0.15, -0.1) is 0 Å². The number of carbonyl (C=O) groups is 2. The highest BCUT2D eigenvalue weighted by Gasteiger charge is 2.35. The van der Waals surface area contributed by atoms with Crippen LogP contribution in [0.2, 0.25) is 0 Å². The molecule has 3 aromatic rings. The van der Waals surface area contributed by atoms with Gasteiger partial charge >= 0.3 is 10.1 Å². The lowest BCUT2D eigenvalue weighted by Crippen LogP contribution is -2.32. The van der Waals surface area contributed by atoms with E-state index in [1.54, 1.807) is 0 Å². The molecule has 4 rings (SSSR count). The number of nitro benzene ring substituents is 1. The third-order valence-corrected chi connectivity index (χ3v) is 8.35. The zero-order chi connectivity index (χ0) is 28.3. The van der Waals surface area contributed by atoms with Crippen molar-refractivity contribution in [3.8, 4) is 11.5 Å². The van der Waals surface area contributed by atoms with E-state index in [1.165, 1.54) is 24.3 Å². The minimum atomic E-state index is -4.26. The first kappa shape index (κ1) is 28.3. The normalized spacial score (nSPS) is 14.6. The van der Waals surface area contributed by atoms with E-state index in [-0.39, 0.29) is 38.9 Å². The standard InChI is InChI=1S/C26H21BrN2O8S2/c1-16-3-4-17(2)23(13-16)36-12-11-28-25(30)24(38-26(28)31)15-18-5-10-22(21(27)14-18)37-39(34,35)20-8-6-19(7-9-20)29(32)33/h3-10,13-15H,11-12H2,1-2H3/b24-15-. The molecule has 0 bridgehead atoms. The van der Waals surface area contributed by atoms with Crippen molar-refractivity contribution in [1.29, 1.82) is 0 Å². The van der Waals surface area contributed by atoms with Crippen LogP contribution < -0.4 is 8.92 Å². The quantitative estimate of drug-likeness (QED) is 0.123. The number of aryl methyl sites for hydroxylation is 2. The molecule has 0 aromatic heterocycles. The molecule has 3 aromatic carbocycles. The van der Waals surface area contributed by atoms with Crippen molar-refractivity contribution in [3.05, 3.63) is 96.8 Å². The predicted octanol–water partition coefficient (Wildman–Crippen LogP) is 5.86. The summed E-state index contributed by atoms with van der Waals surface area (Å²) in [6.45, 7) is 4.10. The molecule has 1 saturated heterocycles. The van der Waals surface area contributed by atoms with Crippen molar-refractivity contribution in [2.45, 2.75) is 18.7 Å². The van der Waals surface area contributed by atoms with Crippen molar-refractivity contribution in [2.24, 2.45) is 0 Å². The summed E-state index contributed by atoms with van der Waals surface area (Å²) in [5.41, 5.74) is 2.27. The van der Waals surface area contributed by atoms with Gasteiger partial charge in [-0.2, -0.15) is 8.42 Å². The van der Waals surface area contributed by atoms with Crippen molar-refractivity contribution >= 4 is 60.7 Å². The Morgan fingerprint density at radius 3 is 2.41 bits per heavy atom. The maximum Gasteiger partial charge on any atom is 0.339 e. The molecule has 0 saturated carbocycles. The average molecular weight is 633 g/mol. The minimum absolute atomic E-state index is 0.0257. The fraction of sp³-hybridized carbons (Fsp3) is 0.154. The van der Waals surface area contributed by atoms with E-state index >= 15 is 0 Å². The fourth-order valence-corrected chi connectivity index (χ4v) is 5.93. The fourth-order valence-electron chi connectivity index (χ4n) is 3.53. The summed E-state index contributed by atoms with van der Waals surface area (Å²) < 4.78 is 36.4. The molecule has 1 aliphatic heterocycles. The Balaban J connectivity index is 1.42. The van der Waals surface area contributed by atoms with Crippen LogP contribution in [0.5, 0.6) is 11.5 Å². The summed E-state index contributed by atoms with van der Waals surface area (Å²) in [4.78, 5) is 36.5. The number of thioether (sulfide) groups is 1. The van der Waals surface area contributed by atoms with Gasteiger partial charge in [-0.1, -0.05) is 18.2 Å². The first-order valence-electron chi connectivity index (χ1n) is 11.4. The van der Waals surface area contributed by atoms with Crippen LogP contribution in [0.3, 0.4) is 0 Å². The summed E-state index contributed by atoms with van der Waals surface area (Å²) in [6, 6.07) is 14.6. The van der Waals surface area contributed by atoms with Gasteiger partial charge in [0, 0.05) is 12.1 Å². The van der Waals surface area contributed by atoms with Gasteiger partial charge in [0.15, 0.2) is 5.75 Å². The number of benzene rings is 3. The molecule has 0 unspecified atom stereocenters. The predicted molar refractivity (Wildman–Crippen MR) is 149 cm³/mol. The SMILES string of the molecule is Cc1ccc(C)c(OCCN2C(=O)S/C(=C\c3ccc(OS(=O)(=O)c4ccc([N+](=O)[O-])cc4)c(Br)c3)C2=O)c1. The van der Waals surface area contributed by atoms with Gasteiger partial charge in [-0.3, -0.25) is 24.6 Å². The van der Waals surface area contributed by atoms with E-state index in [0.29, 0.717) is 11.3 Å². The van der Waals surface area contributed by atoms with E-state index in [1.807, 2.05) is 32.0 Å². The van der Waals surface area contributed by atoms with Crippen LogP contribution in [0.15, 0.2) is 74.9 Å². The molecule has 0 spiro atoms. The summed E-state index contributed by atoms with van der Waals surface area (Å²) in [5.74, 6) is 0.217. The van der Waals surface area contributed by atoms with Crippen molar-refractivity contribution in [1.82, 2.24) is 4.90 Å². The maximum absolute atomic E-state index is 12.8. The Hall–Kier alpha value is -3.68. The lowest BCUT2D eigenvalue weighted by molar-refractivity contribution is -0.384. The molecule has 1 aliphatic rings. The summed E-state index contributed by atoms with van der Waals surface area (Å²) in [6.07, 6.45) is 1.52. The maximum atomic E-state index is 12.8. The summed E-state index contributed by atoms with van der Waals surface area (Å²) in [7, 11) is -4.26. The molecule has 2 amide bonds. The highest BCUT2D eigenvalue weighted by Crippen LogP contribution is 2.34. The Morgan fingerprint density at radius 2 is 1.74 bits per heavy atom. The number of ether oxygens (including phenoxy) is 1. The van der Waals surface area contributed by atoms with E-state index in [4.69, 9.17) is 8.92 Å². The Kier molecular flexibility index (Phi) is 8.42. The van der Waals surface area contributed by atoms with Gasteiger partial charge in [0.2, 0.25) is 0 Å². The summed E-state index contributed by atoms with van der Waals surface area (Å²) in [5, 5.41) is 10.4. The highest BCUT2D eigenvalue weighted by molar-refractivity contribution is 9.10. The van der Waals surface area contributed by atoms with Gasteiger partial charge in [0.25, 0.3) is 16.8 Å². The zero-order valence-electron chi connectivity index (χ0n) is 20.6. The van der Waals surface area contributed by atoms with Crippen LogP contribution in [0.25, 0.3) is 6.08 Å². The van der Waals surface area contributed by atoms with E-state index in [0.717, 1.165) is 52.1 Å². The molecule has 13 heteroatoms. The van der Waals surface area contributed by atoms with Crippen molar-refractivity contribution < 1.29 is 31.9 Å². The molecule has 0 N–H and O–H groups in total. The van der Waals surface area contributed by atoms with Gasteiger partial charge in [-0.05, 0) is 94.6 Å².